The third kappa shape index (κ3) is 5.98. The maximum atomic E-state index is 11.7. The van der Waals surface area contributed by atoms with Crippen LogP contribution >= 0.6 is 24.0 Å². The van der Waals surface area contributed by atoms with Crippen LogP contribution in [0.15, 0.2) is 20.0 Å². The van der Waals surface area contributed by atoms with Crippen LogP contribution in [-0.2, 0) is 30.7 Å². The van der Waals surface area contributed by atoms with E-state index in [0.29, 0.717) is 36.1 Å². The molecular weight excluding hydrogens is 475 g/mol. The van der Waals surface area contributed by atoms with Gasteiger partial charge in [-0.1, -0.05) is 19.0 Å². The molecule has 0 radical (unpaired) electrons. The van der Waals surface area contributed by atoms with Crippen molar-refractivity contribution in [3.8, 4) is 0 Å². The summed E-state index contributed by atoms with van der Waals surface area (Å²) in [4.78, 5) is 16.3. The number of rotatable bonds is 8. The van der Waals surface area contributed by atoms with Crippen molar-refractivity contribution in [2.24, 2.45) is 4.99 Å². The van der Waals surface area contributed by atoms with Crippen molar-refractivity contribution < 1.29 is 18.5 Å². The number of aryl methyl sites for hydroxylation is 3. The number of nitrogens with zero attached hydrogens (tertiary/aromatic N) is 2. The fourth-order valence-corrected chi connectivity index (χ4v) is 2.73. The first-order valence-corrected chi connectivity index (χ1v) is 9.19. The van der Waals surface area contributed by atoms with E-state index in [1.54, 1.807) is 13.0 Å². The van der Waals surface area contributed by atoms with E-state index in [2.05, 4.69) is 20.8 Å². The molecule has 0 bridgehead atoms. The lowest BCUT2D eigenvalue weighted by Crippen LogP contribution is -2.36. The number of esters is 1. The van der Waals surface area contributed by atoms with Crippen LogP contribution < -0.4 is 10.6 Å². The summed E-state index contributed by atoms with van der Waals surface area (Å²) in [5, 5.41) is 10.5. The van der Waals surface area contributed by atoms with Crippen molar-refractivity contribution in [1.29, 1.82) is 0 Å². The maximum Gasteiger partial charge on any atom is 0.341 e. The van der Waals surface area contributed by atoms with Gasteiger partial charge >= 0.3 is 5.97 Å². The zero-order valence-electron chi connectivity index (χ0n) is 17.0. The second kappa shape index (κ2) is 11.7. The number of ether oxygens (including phenoxy) is 1. The van der Waals surface area contributed by atoms with Crippen LogP contribution in [0, 0.1) is 6.92 Å². The van der Waals surface area contributed by atoms with Gasteiger partial charge in [0, 0.05) is 18.5 Å². The summed E-state index contributed by atoms with van der Waals surface area (Å²) < 4.78 is 15.8. The third-order valence-corrected chi connectivity index (χ3v) is 4.15. The topological polar surface area (TPSA) is 102 Å². The summed E-state index contributed by atoms with van der Waals surface area (Å²) >= 11 is 0. The Morgan fingerprint density at radius 2 is 2.00 bits per heavy atom. The summed E-state index contributed by atoms with van der Waals surface area (Å²) in [5.41, 5.74) is 2.41. The number of furan rings is 1. The van der Waals surface area contributed by atoms with Gasteiger partial charge in [0.25, 0.3) is 0 Å². The molecular formula is C19H29IN4O4. The Bertz CT molecular complexity index is 776. The summed E-state index contributed by atoms with van der Waals surface area (Å²) in [6, 6.07) is 1.68. The number of nitrogens with one attached hydrogen (secondary N) is 2. The van der Waals surface area contributed by atoms with Gasteiger partial charge in [0.15, 0.2) is 5.96 Å². The van der Waals surface area contributed by atoms with Gasteiger partial charge in [0.2, 0.25) is 0 Å². The first kappa shape index (κ1) is 24.0. The zero-order valence-corrected chi connectivity index (χ0v) is 19.4. The molecule has 2 aromatic rings. The van der Waals surface area contributed by atoms with Crippen LogP contribution in [0.25, 0.3) is 0 Å². The number of halogens is 1. The second-order valence-electron chi connectivity index (χ2n) is 5.96. The normalized spacial score (nSPS) is 11.1. The lowest BCUT2D eigenvalue weighted by Gasteiger charge is -2.10. The smallest absolute Gasteiger partial charge is 0.341 e. The lowest BCUT2D eigenvalue weighted by molar-refractivity contribution is 0.0599. The number of methoxy groups -OCH3 is 1. The van der Waals surface area contributed by atoms with Crippen molar-refractivity contribution in [3.63, 3.8) is 0 Å². The fraction of sp³-hybridized carbons (Fsp3) is 0.526. The molecule has 0 amide bonds. The van der Waals surface area contributed by atoms with Gasteiger partial charge in [-0.05, 0) is 26.3 Å². The standard InChI is InChI=1S/C19H28N4O4.HI/c1-6-16-15(17(7-2)27-23-16)11-22-19(20-8-3)21-10-13-9-14(12(4)26-13)18(24)25-5;/h9H,6-8,10-11H2,1-5H3,(H2,20,21,22);1H. The van der Waals surface area contributed by atoms with Gasteiger partial charge in [-0.15, -0.1) is 24.0 Å². The summed E-state index contributed by atoms with van der Waals surface area (Å²) in [7, 11) is 1.35. The lowest BCUT2D eigenvalue weighted by atomic mass is 10.1. The SMILES string of the molecule is CCNC(=NCc1c(CC)noc1CC)NCc1cc(C(=O)OC)c(C)o1.I. The fourth-order valence-electron chi connectivity index (χ4n) is 2.73. The Balaban J connectivity index is 0.00000392. The molecule has 0 aromatic carbocycles. The molecule has 2 N–H and O–H groups in total. The average Bonchev–Trinajstić information content (AvgIpc) is 3.25. The molecule has 0 unspecified atom stereocenters. The van der Waals surface area contributed by atoms with Crippen molar-refractivity contribution >= 4 is 35.9 Å². The first-order chi connectivity index (χ1) is 13.0. The van der Waals surface area contributed by atoms with E-state index in [4.69, 9.17) is 13.7 Å². The van der Waals surface area contributed by atoms with Crippen LogP contribution in [0.3, 0.4) is 0 Å². The number of guanidine groups is 1. The number of hydrogen-bond acceptors (Lipinski definition) is 6. The average molecular weight is 504 g/mol. The molecule has 0 saturated carbocycles. The molecule has 28 heavy (non-hydrogen) atoms. The second-order valence-corrected chi connectivity index (χ2v) is 5.96. The minimum atomic E-state index is -0.408. The van der Waals surface area contributed by atoms with Gasteiger partial charge in [-0.2, -0.15) is 0 Å². The van der Waals surface area contributed by atoms with Crippen molar-refractivity contribution in [3.05, 3.63) is 40.2 Å². The minimum Gasteiger partial charge on any atom is -0.465 e. The summed E-state index contributed by atoms with van der Waals surface area (Å²) in [5.74, 6) is 2.28. The summed E-state index contributed by atoms with van der Waals surface area (Å²) in [6.07, 6.45) is 1.59. The van der Waals surface area contributed by atoms with Crippen LogP contribution in [0.4, 0.5) is 0 Å². The van der Waals surface area contributed by atoms with Crippen molar-refractivity contribution in [1.82, 2.24) is 15.8 Å². The molecule has 156 valence electrons. The van der Waals surface area contributed by atoms with E-state index in [-0.39, 0.29) is 24.0 Å². The van der Waals surface area contributed by atoms with E-state index < -0.39 is 5.97 Å². The molecule has 0 aliphatic heterocycles. The van der Waals surface area contributed by atoms with Gasteiger partial charge in [0.05, 0.1) is 25.9 Å². The van der Waals surface area contributed by atoms with E-state index >= 15 is 0 Å². The van der Waals surface area contributed by atoms with Crippen LogP contribution in [0.1, 0.15) is 59.7 Å². The molecule has 0 atom stereocenters. The van der Waals surface area contributed by atoms with Crippen LogP contribution in [0.5, 0.6) is 0 Å². The number of aliphatic imine (C=N–C) groups is 1. The highest BCUT2D eigenvalue weighted by Crippen LogP contribution is 2.17. The summed E-state index contributed by atoms with van der Waals surface area (Å²) in [6.45, 7) is 9.42. The Morgan fingerprint density at radius 3 is 2.61 bits per heavy atom. The van der Waals surface area contributed by atoms with Gasteiger partial charge in [-0.3, -0.25) is 0 Å². The maximum absolute atomic E-state index is 11.7. The van der Waals surface area contributed by atoms with E-state index in [1.807, 2.05) is 20.8 Å². The van der Waals surface area contributed by atoms with E-state index in [0.717, 1.165) is 36.4 Å². The van der Waals surface area contributed by atoms with Crippen molar-refractivity contribution in [2.75, 3.05) is 13.7 Å². The molecule has 0 aliphatic carbocycles. The molecule has 2 aromatic heterocycles. The predicted molar refractivity (Wildman–Crippen MR) is 117 cm³/mol. The highest BCUT2D eigenvalue weighted by molar-refractivity contribution is 14.0. The third-order valence-electron chi connectivity index (χ3n) is 4.15. The van der Waals surface area contributed by atoms with Gasteiger partial charge < -0.3 is 24.3 Å². The van der Waals surface area contributed by atoms with Crippen LogP contribution in [-0.4, -0.2) is 30.7 Å². The number of carbonyl (C=O) groups excluding carboxylic acids is 1. The highest BCUT2D eigenvalue weighted by Gasteiger charge is 2.16. The molecule has 2 heterocycles. The van der Waals surface area contributed by atoms with E-state index in [1.165, 1.54) is 7.11 Å². The minimum absolute atomic E-state index is 0. The predicted octanol–water partition coefficient (Wildman–Crippen LogP) is 3.36. The Kier molecular flexibility index (Phi) is 10.0. The monoisotopic (exact) mass is 504 g/mol. The molecule has 0 saturated heterocycles. The number of aromatic nitrogens is 1. The molecule has 0 aliphatic rings. The highest BCUT2D eigenvalue weighted by atomic mass is 127. The first-order valence-electron chi connectivity index (χ1n) is 9.19. The number of hydrogen-bond donors (Lipinski definition) is 2. The largest absolute Gasteiger partial charge is 0.465 e. The Morgan fingerprint density at radius 1 is 1.25 bits per heavy atom. The van der Waals surface area contributed by atoms with Gasteiger partial charge in [0.1, 0.15) is 22.8 Å². The molecule has 2 rings (SSSR count). The molecule has 0 spiro atoms. The molecule has 9 heteroatoms. The van der Waals surface area contributed by atoms with Gasteiger partial charge in [-0.25, -0.2) is 9.79 Å². The quantitative estimate of drug-likeness (QED) is 0.246. The Hall–Kier alpha value is -2.04. The molecule has 0 fully saturated rings. The van der Waals surface area contributed by atoms with E-state index in [9.17, 15) is 4.79 Å². The zero-order chi connectivity index (χ0) is 19.8. The number of carbonyl (C=O) groups is 1. The van der Waals surface area contributed by atoms with Crippen LogP contribution in [0.2, 0.25) is 0 Å². The Labute approximate surface area is 182 Å². The van der Waals surface area contributed by atoms with Crippen molar-refractivity contribution in [2.45, 2.75) is 53.6 Å². The molecule has 8 nitrogen and oxygen atoms in total.